The van der Waals surface area contributed by atoms with E-state index in [4.69, 9.17) is 14.2 Å². The molecule has 0 aromatic heterocycles. The molecule has 0 spiro atoms. The third kappa shape index (κ3) is 6.30. The van der Waals surface area contributed by atoms with Gasteiger partial charge in [0.2, 0.25) is 5.78 Å². The summed E-state index contributed by atoms with van der Waals surface area (Å²) in [4.78, 5) is 27.5. The summed E-state index contributed by atoms with van der Waals surface area (Å²) in [5.74, 6) is 0.674. The van der Waals surface area contributed by atoms with Gasteiger partial charge in [-0.2, -0.15) is 0 Å². The zero-order chi connectivity index (χ0) is 25.7. The number of carbonyl (C=O) groups is 2. The van der Waals surface area contributed by atoms with Crippen LogP contribution >= 0.6 is 0 Å². The molecule has 3 rings (SSSR count). The molecule has 1 aliphatic rings. The van der Waals surface area contributed by atoms with Crippen LogP contribution in [-0.4, -0.2) is 31.4 Å². The Morgan fingerprint density at radius 1 is 0.629 bits per heavy atom. The molecule has 184 valence electrons. The van der Waals surface area contributed by atoms with Crippen LogP contribution in [0.15, 0.2) is 59.2 Å². The Morgan fingerprint density at radius 3 is 1.60 bits per heavy atom. The van der Waals surface area contributed by atoms with E-state index in [0.29, 0.717) is 36.0 Å². The van der Waals surface area contributed by atoms with Crippen molar-refractivity contribution < 1.29 is 23.8 Å². The van der Waals surface area contributed by atoms with Crippen LogP contribution in [0.4, 0.5) is 0 Å². The van der Waals surface area contributed by atoms with Gasteiger partial charge in [-0.15, -0.1) is 0 Å². The second kappa shape index (κ2) is 11.2. The molecule has 2 aromatic carbocycles. The lowest BCUT2D eigenvalue weighted by atomic mass is 9.82. The SMILES string of the molecule is CC(C)=CCOc1cc(OCC=C(C)C)c2c(c1)C(=O)c1cc(C)cc(OCC=C(C)C)c1C2=O. The topological polar surface area (TPSA) is 61.8 Å². The molecular formula is C30H34O5. The lowest BCUT2D eigenvalue weighted by Crippen LogP contribution is -2.23. The third-order valence-electron chi connectivity index (χ3n) is 5.47. The molecule has 1 aliphatic carbocycles. The Morgan fingerprint density at radius 2 is 1.09 bits per heavy atom. The average Bonchev–Trinajstić information content (AvgIpc) is 2.76. The van der Waals surface area contributed by atoms with Crippen LogP contribution in [0, 0.1) is 6.92 Å². The summed E-state index contributed by atoms with van der Waals surface area (Å²) in [5.41, 5.74) is 5.31. The number of benzene rings is 2. The Labute approximate surface area is 208 Å². The lowest BCUT2D eigenvalue weighted by Gasteiger charge is -2.23. The van der Waals surface area contributed by atoms with Crippen LogP contribution in [0.25, 0.3) is 0 Å². The fraction of sp³-hybridized carbons (Fsp3) is 0.333. The van der Waals surface area contributed by atoms with Crippen molar-refractivity contribution in [2.45, 2.75) is 48.5 Å². The first-order valence-corrected chi connectivity index (χ1v) is 11.8. The summed E-state index contributed by atoms with van der Waals surface area (Å²) >= 11 is 0. The normalized spacial score (nSPS) is 11.7. The fourth-order valence-electron chi connectivity index (χ4n) is 3.65. The number of hydrogen-bond donors (Lipinski definition) is 0. The molecule has 35 heavy (non-hydrogen) atoms. The minimum Gasteiger partial charge on any atom is -0.489 e. The van der Waals surface area contributed by atoms with E-state index in [0.717, 1.165) is 22.3 Å². The van der Waals surface area contributed by atoms with Gasteiger partial charge in [0.25, 0.3) is 0 Å². The highest BCUT2D eigenvalue weighted by Crippen LogP contribution is 2.40. The van der Waals surface area contributed by atoms with Crippen molar-refractivity contribution in [1.82, 2.24) is 0 Å². The standard InChI is InChI=1S/C30H34O5/c1-18(2)8-11-33-22-16-24-28(26(17-22)35-13-10-20(5)6)30(32)27-23(29(24)31)14-21(7)15-25(27)34-12-9-19(3)4/h8-10,14-17H,11-13H2,1-7H3. The van der Waals surface area contributed by atoms with Crippen molar-refractivity contribution >= 4 is 11.6 Å². The Bertz CT molecular complexity index is 1230. The van der Waals surface area contributed by atoms with E-state index in [-0.39, 0.29) is 34.9 Å². The van der Waals surface area contributed by atoms with E-state index in [1.165, 1.54) is 0 Å². The molecule has 0 radical (unpaired) electrons. The van der Waals surface area contributed by atoms with Crippen LogP contribution in [0.5, 0.6) is 17.2 Å². The largest absolute Gasteiger partial charge is 0.489 e. The van der Waals surface area contributed by atoms with E-state index in [9.17, 15) is 9.59 Å². The Kier molecular flexibility index (Phi) is 8.34. The van der Waals surface area contributed by atoms with Gasteiger partial charge in [0.1, 0.15) is 37.1 Å². The second-order valence-corrected chi connectivity index (χ2v) is 9.47. The second-order valence-electron chi connectivity index (χ2n) is 9.47. The van der Waals surface area contributed by atoms with E-state index < -0.39 is 0 Å². The van der Waals surface area contributed by atoms with Gasteiger partial charge in [-0.25, -0.2) is 0 Å². The molecule has 0 unspecified atom stereocenters. The molecule has 2 aromatic rings. The van der Waals surface area contributed by atoms with E-state index >= 15 is 0 Å². The third-order valence-corrected chi connectivity index (χ3v) is 5.47. The van der Waals surface area contributed by atoms with Gasteiger partial charge in [-0.05, 0) is 90.5 Å². The molecule has 0 saturated carbocycles. The monoisotopic (exact) mass is 474 g/mol. The summed E-state index contributed by atoms with van der Waals surface area (Å²) in [6, 6.07) is 6.86. The summed E-state index contributed by atoms with van der Waals surface area (Å²) in [7, 11) is 0. The van der Waals surface area contributed by atoms with Gasteiger partial charge in [0.05, 0.1) is 11.1 Å². The first-order chi connectivity index (χ1) is 16.6. The maximum absolute atomic E-state index is 13.8. The van der Waals surface area contributed by atoms with Crippen LogP contribution in [0.1, 0.15) is 78.9 Å². The van der Waals surface area contributed by atoms with Gasteiger partial charge >= 0.3 is 0 Å². The molecule has 0 heterocycles. The molecule has 5 heteroatoms. The zero-order valence-corrected chi connectivity index (χ0v) is 21.7. The number of aryl methyl sites for hydroxylation is 1. The summed E-state index contributed by atoms with van der Waals surface area (Å²) in [5, 5.41) is 0. The highest BCUT2D eigenvalue weighted by Gasteiger charge is 2.36. The van der Waals surface area contributed by atoms with Crippen LogP contribution < -0.4 is 14.2 Å². The molecule has 0 aliphatic heterocycles. The van der Waals surface area contributed by atoms with E-state index in [2.05, 4.69) is 0 Å². The smallest absolute Gasteiger partial charge is 0.201 e. The van der Waals surface area contributed by atoms with Crippen LogP contribution in [0.2, 0.25) is 0 Å². The van der Waals surface area contributed by atoms with Crippen molar-refractivity contribution in [2.75, 3.05) is 19.8 Å². The highest BCUT2D eigenvalue weighted by molar-refractivity contribution is 6.30. The summed E-state index contributed by atoms with van der Waals surface area (Å²) in [6.07, 6.45) is 5.80. The van der Waals surface area contributed by atoms with Gasteiger partial charge in [0.15, 0.2) is 5.78 Å². The molecular weight excluding hydrogens is 440 g/mol. The van der Waals surface area contributed by atoms with Crippen molar-refractivity contribution in [2.24, 2.45) is 0 Å². The minimum atomic E-state index is -0.287. The molecule has 0 bridgehead atoms. The number of fused-ring (bicyclic) bond motifs is 2. The van der Waals surface area contributed by atoms with Crippen LogP contribution in [0.3, 0.4) is 0 Å². The lowest BCUT2D eigenvalue weighted by molar-refractivity contribution is 0.0972. The molecule has 5 nitrogen and oxygen atoms in total. The number of rotatable bonds is 9. The van der Waals surface area contributed by atoms with Gasteiger partial charge in [-0.1, -0.05) is 16.7 Å². The highest BCUT2D eigenvalue weighted by atomic mass is 16.5. The number of carbonyl (C=O) groups excluding carboxylic acids is 2. The molecule has 0 amide bonds. The van der Waals surface area contributed by atoms with Crippen molar-refractivity contribution in [1.29, 1.82) is 0 Å². The fourth-order valence-corrected chi connectivity index (χ4v) is 3.65. The Balaban J connectivity index is 2.12. The Hall–Kier alpha value is -3.60. The predicted octanol–water partition coefficient (Wildman–Crippen LogP) is 6.81. The van der Waals surface area contributed by atoms with Crippen molar-refractivity contribution in [3.63, 3.8) is 0 Å². The number of ketones is 2. The first-order valence-electron chi connectivity index (χ1n) is 11.8. The van der Waals surface area contributed by atoms with Crippen molar-refractivity contribution in [3.8, 4) is 17.2 Å². The van der Waals surface area contributed by atoms with Crippen LogP contribution in [-0.2, 0) is 0 Å². The molecule has 0 atom stereocenters. The quantitative estimate of drug-likeness (QED) is 0.319. The molecule has 0 fully saturated rings. The number of ether oxygens (including phenoxy) is 3. The van der Waals surface area contributed by atoms with E-state index in [1.807, 2.05) is 66.7 Å². The molecule has 0 saturated heterocycles. The van der Waals surface area contributed by atoms with Gasteiger partial charge < -0.3 is 14.2 Å². The maximum Gasteiger partial charge on any atom is 0.201 e. The van der Waals surface area contributed by atoms with Gasteiger partial charge in [-0.3, -0.25) is 9.59 Å². The number of allylic oxidation sites excluding steroid dienone is 3. The maximum atomic E-state index is 13.8. The molecule has 0 N–H and O–H groups in total. The summed E-state index contributed by atoms with van der Waals surface area (Å²) in [6.45, 7) is 14.7. The summed E-state index contributed by atoms with van der Waals surface area (Å²) < 4.78 is 17.8. The number of hydrogen-bond acceptors (Lipinski definition) is 5. The first kappa shape index (κ1) is 26.0. The minimum absolute atomic E-state index is 0.245. The van der Waals surface area contributed by atoms with E-state index in [1.54, 1.807) is 24.3 Å². The van der Waals surface area contributed by atoms with Gasteiger partial charge in [0, 0.05) is 17.2 Å². The zero-order valence-electron chi connectivity index (χ0n) is 21.7. The average molecular weight is 475 g/mol. The van der Waals surface area contributed by atoms with Crippen molar-refractivity contribution in [3.05, 3.63) is 87.0 Å². The predicted molar refractivity (Wildman–Crippen MR) is 139 cm³/mol.